The highest BCUT2D eigenvalue weighted by atomic mass is 16.5. The summed E-state index contributed by atoms with van der Waals surface area (Å²) in [5.74, 6) is 0.519. The Morgan fingerprint density at radius 1 is 1.00 bits per heavy atom. The molecule has 4 aliphatic rings. The zero-order valence-corrected chi connectivity index (χ0v) is 20.2. The van der Waals surface area contributed by atoms with E-state index in [1.165, 1.54) is 32.6 Å². The molecular weight excluding hydrogens is 388 g/mol. The number of ether oxygens (including phenoxy) is 1. The van der Waals surface area contributed by atoms with E-state index in [0.717, 1.165) is 31.8 Å². The Balaban J connectivity index is 1.85. The molecule has 4 rings (SSSR count). The fourth-order valence-electron chi connectivity index (χ4n) is 9.45. The molecule has 8 atom stereocenters. The summed E-state index contributed by atoms with van der Waals surface area (Å²) in [5.41, 5.74) is 0.619. The summed E-state index contributed by atoms with van der Waals surface area (Å²) in [6.45, 7) is 13.4. The Kier molecular flexibility index (Phi) is 5.34. The Bertz CT molecular complexity index is 812. The van der Waals surface area contributed by atoms with Crippen LogP contribution in [0, 0.1) is 45.3 Å². The van der Waals surface area contributed by atoms with Crippen LogP contribution in [-0.4, -0.2) is 24.6 Å². The van der Waals surface area contributed by atoms with Gasteiger partial charge >= 0.3 is 5.97 Å². The summed E-state index contributed by atoms with van der Waals surface area (Å²) < 4.78 is 6.02. The molecule has 4 nitrogen and oxygen atoms in total. The number of allylic oxidation sites excluding steroid dienone is 2. The van der Waals surface area contributed by atoms with Crippen molar-refractivity contribution in [1.29, 1.82) is 0 Å². The van der Waals surface area contributed by atoms with Gasteiger partial charge in [-0.2, -0.15) is 0 Å². The maximum atomic E-state index is 12.3. The monoisotopic (exact) mass is 428 g/mol. The van der Waals surface area contributed by atoms with Gasteiger partial charge in [0.15, 0.2) is 0 Å². The molecule has 0 saturated heterocycles. The summed E-state index contributed by atoms with van der Waals surface area (Å²) in [6.07, 6.45) is 11.1. The van der Waals surface area contributed by atoms with Crippen LogP contribution in [0.4, 0.5) is 0 Å². The van der Waals surface area contributed by atoms with Crippen LogP contribution in [0.1, 0.15) is 86.5 Å². The van der Waals surface area contributed by atoms with Crippen LogP contribution < -0.4 is 0 Å². The van der Waals surface area contributed by atoms with Crippen molar-refractivity contribution in [2.75, 3.05) is 0 Å². The molecular formula is C27H40O4. The zero-order valence-electron chi connectivity index (χ0n) is 20.2. The van der Waals surface area contributed by atoms with Gasteiger partial charge in [-0.25, -0.2) is 0 Å². The molecule has 0 aromatic carbocycles. The number of esters is 1. The molecule has 0 N–H and O–H groups in total. The molecule has 0 spiro atoms. The smallest absolute Gasteiger partial charge is 0.302 e. The average molecular weight is 429 g/mol. The minimum absolute atomic E-state index is 0.0657. The van der Waals surface area contributed by atoms with E-state index in [1.54, 1.807) is 0 Å². The lowest BCUT2D eigenvalue weighted by molar-refractivity contribution is -0.238. The SMILES string of the molecule is CC(=O)O[C@H]1C[C@@H]2[C@@]3(C)CCCC(C)(C)[C@@H]3CC[C@@]2(C)[C@@H]2CC=C(C=O)[C@@H](C=O)[C@@]12C. The fraction of sp³-hybridized carbons (Fsp3) is 0.815. The third-order valence-electron chi connectivity index (χ3n) is 10.7. The maximum absolute atomic E-state index is 12.3. The molecule has 3 fully saturated rings. The van der Waals surface area contributed by atoms with Crippen molar-refractivity contribution in [3.05, 3.63) is 11.6 Å². The lowest BCUT2D eigenvalue weighted by Crippen LogP contribution is -2.67. The molecule has 0 bridgehead atoms. The number of fused-ring (bicyclic) bond motifs is 5. The van der Waals surface area contributed by atoms with E-state index in [9.17, 15) is 14.4 Å². The van der Waals surface area contributed by atoms with Crippen molar-refractivity contribution < 1.29 is 19.1 Å². The fourth-order valence-corrected chi connectivity index (χ4v) is 9.45. The maximum Gasteiger partial charge on any atom is 0.302 e. The molecule has 31 heavy (non-hydrogen) atoms. The molecule has 0 heterocycles. The lowest BCUT2D eigenvalue weighted by atomic mass is 9.35. The molecule has 0 aromatic heterocycles. The third-order valence-corrected chi connectivity index (χ3v) is 10.7. The van der Waals surface area contributed by atoms with E-state index in [-0.39, 0.29) is 28.8 Å². The van der Waals surface area contributed by atoms with Crippen LogP contribution in [0.25, 0.3) is 0 Å². The molecule has 4 heteroatoms. The first-order valence-electron chi connectivity index (χ1n) is 12.2. The largest absolute Gasteiger partial charge is 0.462 e. The summed E-state index contributed by atoms with van der Waals surface area (Å²) in [7, 11) is 0. The standard InChI is InChI=1S/C27H40O4/c1-17(30)31-23-14-22-25(4)12-7-11-24(2,3)20(25)10-13-26(22,5)21-9-8-18(15-28)19(16-29)27(21,23)6/h8,15-16,19-23H,7,9-14H2,1-6H3/t19-,20+,21+,22-,23+,25+,26+,27-/m1/s1. The second-order valence-electron chi connectivity index (χ2n) is 12.4. The first-order chi connectivity index (χ1) is 14.4. The van der Waals surface area contributed by atoms with E-state index in [4.69, 9.17) is 4.74 Å². The molecule has 172 valence electrons. The highest BCUT2D eigenvalue weighted by Crippen LogP contribution is 2.73. The van der Waals surface area contributed by atoms with Crippen molar-refractivity contribution in [1.82, 2.24) is 0 Å². The predicted molar refractivity (Wildman–Crippen MR) is 120 cm³/mol. The van der Waals surface area contributed by atoms with Gasteiger partial charge < -0.3 is 9.53 Å². The first-order valence-corrected chi connectivity index (χ1v) is 12.2. The first kappa shape index (κ1) is 22.7. The number of carbonyl (C=O) groups is 3. The number of aldehydes is 2. The van der Waals surface area contributed by atoms with Gasteiger partial charge in [0.1, 0.15) is 18.7 Å². The van der Waals surface area contributed by atoms with Crippen molar-refractivity contribution in [2.24, 2.45) is 45.3 Å². The Labute approximate surface area is 187 Å². The highest BCUT2D eigenvalue weighted by molar-refractivity contribution is 5.82. The van der Waals surface area contributed by atoms with Crippen molar-refractivity contribution >= 4 is 18.5 Å². The van der Waals surface area contributed by atoms with Crippen molar-refractivity contribution in [2.45, 2.75) is 92.6 Å². The second kappa shape index (κ2) is 7.28. The van der Waals surface area contributed by atoms with Crippen molar-refractivity contribution in [3.8, 4) is 0 Å². The van der Waals surface area contributed by atoms with Gasteiger partial charge in [-0.1, -0.05) is 47.1 Å². The number of hydrogen-bond donors (Lipinski definition) is 0. The van der Waals surface area contributed by atoms with E-state index in [2.05, 4.69) is 34.6 Å². The molecule has 0 unspecified atom stereocenters. The van der Waals surface area contributed by atoms with Crippen LogP contribution >= 0.6 is 0 Å². The molecule has 4 aliphatic carbocycles. The number of rotatable bonds is 3. The molecule has 0 aliphatic heterocycles. The summed E-state index contributed by atoms with van der Waals surface area (Å²) in [4.78, 5) is 36.3. The van der Waals surface area contributed by atoms with Gasteiger partial charge in [0.05, 0.1) is 5.92 Å². The molecule has 3 saturated carbocycles. The summed E-state index contributed by atoms with van der Waals surface area (Å²) >= 11 is 0. The minimum atomic E-state index is -0.545. The molecule has 0 radical (unpaired) electrons. The van der Waals surface area contributed by atoms with E-state index in [0.29, 0.717) is 22.8 Å². The van der Waals surface area contributed by atoms with Crippen LogP contribution in [-0.2, 0) is 19.1 Å². The lowest BCUT2D eigenvalue weighted by Gasteiger charge is -2.70. The summed E-state index contributed by atoms with van der Waals surface area (Å²) in [6, 6.07) is 0. The quantitative estimate of drug-likeness (QED) is 0.437. The number of carbonyl (C=O) groups excluding carboxylic acids is 3. The van der Waals surface area contributed by atoms with E-state index >= 15 is 0 Å². The van der Waals surface area contributed by atoms with Crippen LogP contribution in [0.15, 0.2) is 11.6 Å². The van der Waals surface area contributed by atoms with Gasteiger partial charge in [-0.05, 0) is 78.1 Å². The van der Waals surface area contributed by atoms with Crippen LogP contribution in [0.3, 0.4) is 0 Å². The second-order valence-corrected chi connectivity index (χ2v) is 12.4. The van der Waals surface area contributed by atoms with E-state index < -0.39 is 11.3 Å². The minimum Gasteiger partial charge on any atom is -0.462 e. The normalized spacial score (nSPS) is 48.3. The number of hydrogen-bond acceptors (Lipinski definition) is 4. The zero-order chi connectivity index (χ0) is 22.8. The van der Waals surface area contributed by atoms with Gasteiger partial charge in [-0.3, -0.25) is 9.59 Å². The van der Waals surface area contributed by atoms with Crippen LogP contribution in [0.5, 0.6) is 0 Å². The topological polar surface area (TPSA) is 60.4 Å². The van der Waals surface area contributed by atoms with Gasteiger partial charge in [-0.15, -0.1) is 0 Å². The van der Waals surface area contributed by atoms with Gasteiger partial charge in [0, 0.05) is 12.3 Å². The Hall–Kier alpha value is -1.45. The molecule has 0 amide bonds. The Morgan fingerprint density at radius 3 is 2.29 bits per heavy atom. The molecule has 0 aromatic rings. The summed E-state index contributed by atoms with van der Waals surface area (Å²) in [5, 5.41) is 0. The van der Waals surface area contributed by atoms with Gasteiger partial charge in [0.25, 0.3) is 0 Å². The Morgan fingerprint density at radius 2 is 1.68 bits per heavy atom. The predicted octanol–water partition coefficient (Wildman–Crippen LogP) is 5.54. The highest BCUT2D eigenvalue weighted by Gasteiger charge is 2.68. The van der Waals surface area contributed by atoms with Gasteiger partial charge in [0.2, 0.25) is 0 Å². The average Bonchev–Trinajstić information content (AvgIpc) is 2.67. The van der Waals surface area contributed by atoms with Crippen LogP contribution in [0.2, 0.25) is 0 Å². The third kappa shape index (κ3) is 3.03. The van der Waals surface area contributed by atoms with Crippen molar-refractivity contribution in [3.63, 3.8) is 0 Å². The van der Waals surface area contributed by atoms with E-state index in [1.807, 2.05) is 6.08 Å².